The van der Waals surface area contributed by atoms with Crippen molar-refractivity contribution in [1.29, 1.82) is 0 Å². The van der Waals surface area contributed by atoms with Crippen LogP contribution in [-0.4, -0.2) is 25.1 Å². The number of nitrogens with one attached hydrogen (secondary N) is 1. The summed E-state index contributed by atoms with van der Waals surface area (Å²) in [7, 11) is 2.02. The van der Waals surface area contributed by atoms with Crippen LogP contribution < -0.4 is 10.2 Å². The van der Waals surface area contributed by atoms with E-state index in [2.05, 4.69) is 42.9 Å². The standard InChI is InChI=1S/C16H28FN3/c1-12(2)6-7-20(5)16-14(8-15(17)11-19-16)10-18-9-13(3)4/h8,11-13,18H,6-7,9-10H2,1-5H3. The van der Waals surface area contributed by atoms with Crippen LogP contribution in [0.3, 0.4) is 0 Å². The second kappa shape index (κ2) is 8.20. The molecule has 1 heterocycles. The summed E-state index contributed by atoms with van der Waals surface area (Å²) in [5, 5.41) is 3.36. The van der Waals surface area contributed by atoms with Crippen molar-refractivity contribution in [3.63, 3.8) is 0 Å². The molecule has 0 bridgehead atoms. The smallest absolute Gasteiger partial charge is 0.141 e. The van der Waals surface area contributed by atoms with Gasteiger partial charge in [0.25, 0.3) is 0 Å². The molecule has 0 aliphatic carbocycles. The first-order chi connectivity index (χ1) is 9.40. The highest BCUT2D eigenvalue weighted by molar-refractivity contribution is 5.46. The SMILES string of the molecule is CC(C)CCN(C)c1ncc(F)cc1CNCC(C)C. The lowest BCUT2D eigenvalue weighted by Crippen LogP contribution is -2.25. The van der Waals surface area contributed by atoms with Gasteiger partial charge in [0, 0.05) is 25.7 Å². The first-order valence-electron chi connectivity index (χ1n) is 7.46. The zero-order chi connectivity index (χ0) is 15.1. The largest absolute Gasteiger partial charge is 0.359 e. The Kier molecular flexibility index (Phi) is 6.93. The number of rotatable bonds is 8. The van der Waals surface area contributed by atoms with E-state index in [0.717, 1.165) is 30.9 Å². The van der Waals surface area contributed by atoms with E-state index in [1.165, 1.54) is 6.20 Å². The normalized spacial score (nSPS) is 11.4. The second-order valence-electron chi connectivity index (χ2n) is 6.27. The van der Waals surface area contributed by atoms with E-state index in [-0.39, 0.29) is 5.82 Å². The third kappa shape index (κ3) is 5.87. The van der Waals surface area contributed by atoms with Gasteiger partial charge in [0.1, 0.15) is 11.6 Å². The van der Waals surface area contributed by atoms with Gasteiger partial charge < -0.3 is 10.2 Å². The van der Waals surface area contributed by atoms with Gasteiger partial charge in [-0.3, -0.25) is 0 Å². The van der Waals surface area contributed by atoms with Gasteiger partial charge >= 0.3 is 0 Å². The summed E-state index contributed by atoms with van der Waals surface area (Å²) in [5.74, 6) is 1.84. The summed E-state index contributed by atoms with van der Waals surface area (Å²) in [6, 6.07) is 1.58. The van der Waals surface area contributed by atoms with Crippen LogP contribution in [-0.2, 0) is 6.54 Å². The van der Waals surface area contributed by atoms with E-state index < -0.39 is 0 Å². The average molecular weight is 281 g/mol. The van der Waals surface area contributed by atoms with E-state index >= 15 is 0 Å². The molecule has 1 N–H and O–H groups in total. The molecule has 3 nitrogen and oxygen atoms in total. The van der Waals surface area contributed by atoms with Gasteiger partial charge in [-0.2, -0.15) is 0 Å². The van der Waals surface area contributed by atoms with E-state index in [9.17, 15) is 4.39 Å². The highest BCUT2D eigenvalue weighted by Crippen LogP contribution is 2.18. The molecule has 0 atom stereocenters. The fourth-order valence-electron chi connectivity index (χ4n) is 2.00. The van der Waals surface area contributed by atoms with Crippen molar-refractivity contribution in [2.45, 2.75) is 40.7 Å². The second-order valence-corrected chi connectivity index (χ2v) is 6.27. The van der Waals surface area contributed by atoms with E-state index in [0.29, 0.717) is 18.4 Å². The molecule has 0 aliphatic heterocycles. The van der Waals surface area contributed by atoms with Crippen LogP contribution in [0.15, 0.2) is 12.3 Å². The van der Waals surface area contributed by atoms with Crippen LogP contribution in [0.25, 0.3) is 0 Å². The van der Waals surface area contributed by atoms with Gasteiger partial charge in [0.2, 0.25) is 0 Å². The number of anilines is 1. The Morgan fingerprint density at radius 2 is 1.95 bits per heavy atom. The lowest BCUT2D eigenvalue weighted by Gasteiger charge is -2.22. The van der Waals surface area contributed by atoms with Crippen molar-refractivity contribution in [3.05, 3.63) is 23.6 Å². The molecule has 1 rings (SSSR count). The molecule has 0 amide bonds. The van der Waals surface area contributed by atoms with Crippen LogP contribution in [0.2, 0.25) is 0 Å². The van der Waals surface area contributed by atoms with Crippen molar-refractivity contribution < 1.29 is 4.39 Å². The molecule has 0 spiro atoms. The summed E-state index contributed by atoms with van der Waals surface area (Å²) >= 11 is 0. The van der Waals surface area contributed by atoms with Crippen LogP contribution >= 0.6 is 0 Å². The maximum atomic E-state index is 13.4. The highest BCUT2D eigenvalue weighted by atomic mass is 19.1. The molecule has 1 aromatic rings. The van der Waals surface area contributed by atoms with Gasteiger partial charge in [-0.1, -0.05) is 27.7 Å². The number of aromatic nitrogens is 1. The molecule has 0 fully saturated rings. The van der Waals surface area contributed by atoms with Crippen LogP contribution in [0.5, 0.6) is 0 Å². The lowest BCUT2D eigenvalue weighted by molar-refractivity contribution is 0.546. The number of nitrogens with zero attached hydrogens (tertiary/aromatic N) is 2. The van der Waals surface area contributed by atoms with Gasteiger partial charge in [0.05, 0.1) is 6.20 Å². The molecule has 0 saturated carbocycles. The predicted molar refractivity (Wildman–Crippen MR) is 83.5 cm³/mol. The first-order valence-corrected chi connectivity index (χ1v) is 7.46. The molecular formula is C16H28FN3. The van der Waals surface area contributed by atoms with Crippen LogP contribution in [0, 0.1) is 17.7 Å². The topological polar surface area (TPSA) is 28.2 Å². The minimum absolute atomic E-state index is 0.271. The van der Waals surface area contributed by atoms with Crippen LogP contribution in [0.4, 0.5) is 10.2 Å². The molecule has 0 saturated heterocycles. The maximum absolute atomic E-state index is 13.4. The van der Waals surface area contributed by atoms with Crippen molar-refractivity contribution >= 4 is 5.82 Å². The maximum Gasteiger partial charge on any atom is 0.141 e. The number of hydrogen-bond acceptors (Lipinski definition) is 3. The Hall–Kier alpha value is -1.16. The zero-order valence-corrected chi connectivity index (χ0v) is 13.4. The Morgan fingerprint density at radius 1 is 1.25 bits per heavy atom. The number of pyridine rings is 1. The van der Waals surface area contributed by atoms with Crippen LogP contribution in [0.1, 0.15) is 39.7 Å². The van der Waals surface area contributed by atoms with Crippen molar-refractivity contribution in [3.8, 4) is 0 Å². The molecule has 114 valence electrons. The molecule has 4 heteroatoms. The predicted octanol–water partition coefficient (Wildman–Crippen LogP) is 3.45. The Labute approximate surface area is 122 Å². The third-order valence-corrected chi connectivity index (χ3v) is 3.18. The molecule has 1 aromatic heterocycles. The van der Waals surface area contributed by atoms with E-state index in [4.69, 9.17) is 0 Å². The summed E-state index contributed by atoms with van der Waals surface area (Å²) in [4.78, 5) is 6.38. The molecule has 0 aromatic carbocycles. The lowest BCUT2D eigenvalue weighted by atomic mass is 10.1. The van der Waals surface area contributed by atoms with Crippen molar-refractivity contribution in [1.82, 2.24) is 10.3 Å². The van der Waals surface area contributed by atoms with Gasteiger partial charge in [0.15, 0.2) is 0 Å². The van der Waals surface area contributed by atoms with Gasteiger partial charge in [-0.15, -0.1) is 0 Å². The number of halogens is 1. The minimum atomic E-state index is -0.271. The third-order valence-electron chi connectivity index (χ3n) is 3.18. The summed E-state index contributed by atoms with van der Waals surface area (Å²) < 4.78 is 13.4. The van der Waals surface area contributed by atoms with Crippen molar-refractivity contribution in [2.75, 3.05) is 25.0 Å². The Balaban J connectivity index is 2.73. The Bertz CT molecular complexity index is 405. The molecular weight excluding hydrogens is 253 g/mol. The van der Waals surface area contributed by atoms with Gasteiger partial charge in [-0.25, -0.2) is 9.37 Å². The molecule has 0 unspecified atom stereocenters. The summed E-state index contributed by atoms with van der Waals surface area (Å²) in [6.45, 7) is 11.2. The molecule has 0 radical (unpaired) electrons. The summed E-state index contributed by atoms with van der Waals surface area (Å²) in [5.41, 5.74) is 0.928. The summed E-state index contributed by atoms with van der Waals surface area (Å²) in [6.07, 6.45) is 2.40. The molecule has 20 heavy (non-hydrogen) atoms. The monoisotopic (exact) mass is 281 g/mol. The zero-order valence-electron chi connectivity index (χ0n) is 13.4. The number of hydrogen-bond donors (Lipinski definition) is 1. The van der Waals surface area contributed by atoms with Gasteiger partial charge in [-0.05, 0) is 30.9 Å². The minimum Gasteiger partial charge on any atom is -0.359 e. The highest BCUT2D eigenvalue weighted by Gasteiger charge is 2.11. The fraction of sp³-hybridized carbons (Fsp3) is 0.688. The van der Waals surface area contributed by atoms with Crippen molar-refractivity contribution in [2.24, 2.45) is 11.8 Å². The fourth-order valence-corrected chi connectivity index (χ4v) is 2.00. The average Bonchev–Trinajstić information content (AvgIpc) is 2.35. The first kappa shape index (κ1) is 16.9. The Morgan fingerprint density at radius 3 is 2.55 bits per heavy atom. The molecule has 0 aliphatic rings. The van der Waals surface area contributed by atoms with E-state index in [1.807, 2.05) is 7.05 Å². The quantitative estimate of drug-likeness (QED) is 0.791. The van der Waals surface area contributed by atoms with E-state index in [1.54, 1.807) is 6.07 Å².